The molecule has 0 aliphatic rings. The van der Waals surface area contributed by atoms with Gasteiger partial charge in [0, 0.05) is 0 Å². The van der Waals surface area contributed by atoms with Crippen molar-refractivity contribution in [3.05, 3.63) is 34.9 Å². The first-order valence-electron chi connectivity index (χ1n) is 5.03. The molecule has 1 unspecified atom stereocenters. The zero-order chi connectivity index (χ0) is 10.6. The van der Waals surface area contributed by atoms with E-state index in [1.54, 1.807) is 6.92 Å². The third-order valence-electron chi connectivity index (χ3n) is 2.48. The van der Waals surface area contributed by atoms with E-state index in [9.17, 15) is 4.39 Å². The van der Waals surface area contributed by atoms with Gasteiger partial charge in [0.25, 0.3) is 0 Å². The average Bonchev–Trinajstić information content (AvgIpc) is 2.16. The Bertz CT molecular complexity index is 294. The molecule has 0 fully saturated rings. The summed E-state index contributed by atoms with van der Waals surface area (Å²) in [6, 6.07) is 5.83. The fourth-order valence-corrected chi connectivity index (χ4v) is 1.47. The minimum atomic E-state index is -0.871. The number of aryl methyl sites for hydroxylation is 1. The van der Waals surface area contributed by atoms with Gasteiger partial charge in [-0.25, -0.2) is 4.39 Å². The van der Waals surface area contributed by atoms with Gasteiger partial charge in [-0.1, -0.05) is 18.2 Å². The molecule has 0 bridgehead atoms. The van der Waals surface area contributed by atoms with Crippen LogP contribution in [-0.2, 0) is 6.42 Å². The summed E-state index contributed by atoms with van der Waals surface area (Å²) in [7, 11) is 1.93. The Morgan fingerprint density at radius 3 is 2.71 bits per heavy atom. The number of rotatable bonds is 4. The third-order valence-corrected chi connectivity index (χ3v) is 2.48. The highest BCUT2D eigenvalue weighted by atomic mass is 19.1. The van der Waals surface area contributed by atoms with E-state index in [0.29, 0.717) is 0 Å². The zero-order valence-electron chi connectivity index (χ0n) is 9.10. The van der Waals surface area contributed by atoms with Crippen molar-refractivity contribution in [3.8, 4) is 0 Å². The Morgan fingerprint density at radius 1 is 1.43 bits per heavy atom. The number of alkyl halides is 1. The standard InChI is InChI=1S/C12H18FN/c1-9-4-5-12(10(2)13)8-11(9)6-7-14-3/h4-5,8,10,14H,6-7H2,1-3H3. The Morgan fingerprint density at radius 2 is 2.14 bits per heavy atom. The summed E-state index contributed by atoms with van der Waals surface area (Å²) in [6.45, 7) is 4.58. The molecule has 0 saturated heterocycles. The molecule has 0 aliphatic carbocycles. The van der Waals surface area contributed by atoms with Crippen LogP contribution in [0.3, 0.4) is 0 Å². The molecule has 1 nitrogen and oxygen atoms in total. The summed E-state index contributed by atoms with van der Waals surface area (Å²) in [5.41, 5.74) is 3.26. The molecule has 0 aromatic heterocycles. The van der Waals surface area contributed by atoms with Crippen molar-refractivity contribution < 1.29 is 4.39 Å². The summed E-state index contributed by atoms with van der Waals surface area (Å²) < 4.78 is 13.1. The Kier molecular flexibility index (Phi) is 4.08. The van der Waals surface area contributed by atoms with Crippen LogP contribution in [-0.4, -0.2) is 13.6 Å². The lowest BCUT2D eigenvalue weighted by Gasteiger charge is -2.09. The summed E-state index contributed by atoms with van der Waals surface area (Å²) in [6.07, 6.45) is 0.0898. The second-order valence-corrected chi connectivity index (χ2v) is 3.66. The van der Waals surface area contributed by atoms with Gasteiger partial charge in [-0.05, 0) is 50.6 Å². The monoisotopic (exact) mass is 195 g/mol. The molecule has 0 radical (unpaired) electrons. The molecule has 0 heterocycles. The van der Waals surface area contributed by atoms with E-state index in [2.05, 4.69) is 12.2 Å². The fraction of sp³-hybridized carbons (Fsp3) is 0.500. The van der Waals surface area contributed by atoms with Gasteiger partial charge in [-0.2, -0.15) is 0 Å². The minimum Gasteiger partial charge on any atom is -0.319 e. The average molecular weight is 195 g/mol. The van der Waals surface area contributed by atoms with E-state index in [1.165, 1.54) is 11.1 Å². The summed E-state index contributed by atoms with van der Waals surface area (Å²) in [5, 5.41) is 3.10. The summed E-state index contributed by atoms with van der Waals surface area (Å²) in [5.74, 6) is 0. The second kappa shape index (κ2) is 5.11. The maximum absolute atomic E-state index is 13.1. The topological polar surface area (TPSA) is 12.0 Å². The molecule has 1 N–H and O–H groups in total. The van der Waals surface area contributed by atoms with Crippen LogP contribution >= 0.6 is 0 Å². The van der Waals surface area contributed by atoms with Crippen molar-refractivity contribution in [1.82, 2.24) is 5.32 Å². The summed E-state index contributed by atoms with van der Waals surface area (Å²) >= 11 is 0. The Labute approximate surface area is 85.3 Å². The lowest BCUT2D eigenvalue weighted by atomic mass is 10.0. The molecule has 1 aromatic carbocycles. The number of hydrogen-bond donors (Lipinski definition) is 1. The minimum absolute atomic E-state index is 0.779. The summed E-state index contributed by atoms with van der Waals surface area (Å²) in [4.78, 5) is 0. The van der Waals surface area contributed by atoms with Gasteiger partial charge < -0.3 is 5.32 Å². The van der Waals surface area contributed by atoms with Crippen LogP contribution in [0.1, 0.15) is 29.8 Å². The van der Waals surface area contributed by atoms with Gasteiger partial charge in [-0.15, -0.1) is 0 Å². The molecule has 0 spiro atoms. The highest BCUT2D eigenvalue weighted by Gasteiger charge is 2.05. The highest BCUT2D eigenvalue weighted by molar-refractivity contribution is 5.32. The van der Waals surface area contributed by atoms with Crippen molar-refractivity contribution in [1.29, 1.82) is 0 Å². The molecule has 78 valence electrons. The van der Waals surface area contributed by atoms with Crippen LogP contribution in [0.4, 0.5) is 4.39 Å². The molecule has 0 saturated carbocycles. The molecule has 14 heavy (non-hydrogen) atoms. The third kappa shape index (κ3) is 2.81. The number of halogens is 1. The first-order chi connectivity index (χ1) is 6.65. The van der Waals surface area contributed by atoms with Crippen LogP contribution in [0, 0.1) is 6.92 Å². The quantitative estimate of drug-likeness (QED) is 0.779. The van der Waals surface area contributed by atoms with E-state index in [-0.39, 0.29) is 0 Å². The molecule has 2 heteroatoms. The van der Waals surface area contributed by atoms with Crippen LogP contribution in [0.15, 0.2) is 18.2 Å². The van der Waals surface area contributed by atoms with Gasteiger partial charge in [-0.3, -0.25) is 0 Å². The highest BCUT2D eigenvalue weighted by Crippen LogP contribution is 2.20. The number of likely N-dealkylation sites (N-methyl/N-ethyl adjacent to an activating group) is 1. The van der Waals surface area contributed by atoms with Crippen LogP contribution < -0.4 is 5.32 Å². The predicted molar refractivity (Wildman–Crippen MR) is 58.3 cm³/mol. The largest absolute Gasteiger partial charge is 0.319 e. The van der Waals surface area contributed by atoms with Crippen LogP contribution in [0.25, 0.3) is 0 Å². The van der Waals surface area contributed by atoms with Crippen molar-refractivity contribution in [2.24, 2.45) is 0 Å². The van der Waals surface area contributed by atoms with Gasteiger partial charge in [0.2, 0.25) is 0 Å². The maximum Gasteiger partial charge on any atom is 0.122 e. The first kappa shape index (κ1) is 11.2. The van der Waals surface area contributed by atoms with Gasteiger partial charge in [0.1, 0.15) is 6.17 Å². The molecule has 0 amide bonds. The van der Waals surface area contributed by atoms with Crippen molar-refractivity contribution in [2.75, 3.05) is 13.6 Å². The van der Waals surface area contributed by atoms with Crippen molar-refractivity contribution in [3.63, 3.8) is 0 Å². The Balaban J connectivity index is 2.85. The molecule has 0 aliphatic heterocycles. The van der Waals surface area contributed by atoms with Gasteiger partial charge in [0.05, 0.1) is 0 Å². The van der Waals surface area contributed by atoms with Crippen molar-refractivity contribution >= 4 is 0 Å². The SMILES string of the molecule is CNCCc1cc(C(C)F)ccc1C. The maximum atomic E-state index is 13.1. The smallest absolute Gasteiger partial charge is 0.122 e. The molecule has 1 rings (SSSR count). The van der Waals surface area contributed by atoms with E-state index in [0.717, 1.165) is 18.5 Å². The van der Waals surface area contributed by atoms with E-state index < -0.39 is 6.17 Å². The first-order valence-corrected chi connectivity index (χ1v) is 5.03. The van der Waals surface area contributed by atoms with E-state index >= 15 is 0 Å². The molecular formula is C12H18FN. The molecule has 1 atom stereocenters. The zero-order valence-corrected chi connectivity index (χ0v) is 9.10. The lowest BCUT2D eigenvalue weighted by Crippen LogP contribution is -2.11. The number of benzene rings is 1. The second-order valence-electron chi connectivity index (χ2n) is 3.66. The predicted octanol–water partition coefficient (Wildman–Crippen LogP) is 2.79. The number of hydrogen-bond acceptors (Lipinski definition) is 1. The fourth-order valence-electron chi connectivity index (χ4n) is 1.47. The Hall–Kier alpha value is -0.890. The van der Waals surface area contributed by atoms with E-state index in [1.807, 2.05) is 25.2 Å². The normalized spacial score (nSPS) is 12.9. The van der Waals surface area contributed by atoms with Gasteiger partial charge >= 0.3 is 0 Å². The van der Waals surface area contributed by atoms with Crippen molar-refractivity contribution in [2.45, 2.75) is 26.4 Å². The van der Waals surface area contributed by atoms with Crippen LogP contribution in [0.2, 0.25) is 0 Å². The lowest BCUT2D eigenvalue weighted by molar-refractivity contribution is 0.374. The molecular weight excluding hydrogens is 177 g/mol. The number of nitrogens with one attached hydrogen (secondary N) is 1. The molecule has 1 aromatic rings. The van der Waals surface area contributed by atoms with E-state index in [4.69, 9.17) is 0 Å². The van der Waals surface area contributed by atoms with Gasteiger partial charge in [0.15, 0.2) is 0 Å². The van der Waals surface area contributed by atoms with Crippen LogP contribution in [0.5, 0.6) is 0 Å².